The maximum absolute atomic E-state index is 13.5. The lowest BCUT2D eigenvalue weighted by Gasteiger charge is -2.38. The molecule has 0 spiro atoms. The van der Waals surface area contributed by atoms with Crippen molar-refractivity contribution in [3.63, 3.8) is 0 Å². The number of nitrogens with zero attached hydrogens (tertiary/aromatic N) is 2. The summed E-state index contributed by atoms with van der Waals surface area (Å²) < 4.78 is 78.0. The van der Waals surface area contributed by atoms with E-state index in [9.17, 15) is 36.3 Å². The highest BCUT2D eigenvalue weighted by atomic mass is 19.4. The number of hydrogen-bond donors (Lipinski definition) is 1. The molecule has 0 atom stereocenters. The zero-order valence-electron chi connectivity index (χ0n) is 22.5. The number of hydroxylamine groups is 2. The van der Waals surface area contributed by atoms with Gasteiger partial charge in [-0.3, -0.25) is 9.69 Å². The van der Waals surface area contributed by atoms with E-state index in [2.05, 4.69) is 0 Å². The Hall–Kier alpha value is -3.21. The predicted octanol–water partition coefficient (Wildman–Crippen LogP) is 7.26. The number of rotatable bonds is 4. The fraction of sp³-hybridized carbons (Fsp3) is 0.367. The maximum Gasteiger partial charge on any atom is 0.416 e. The summed E-state index contributed by atoms with van der Waals surface area (Å²) in [7, 11) is 0. The fourth-order valence-electron chi connectivity index (χ4n) is 5.16. The van der Waals surface area contributed by atoms with Crippen LogP contribution in [0.25, 0.3) is 12.2 Å². The van der Waals surface area contributed by atoms with Crippen LogP contribution in [0.15, 0.2) is 71.3 Å². The van der Waals surface area contributed by atoms with E-state index >= 15 is 0 Å². The van der Waals surface area contributed by atoms with Crippen molar-refractivity contribution in [2.45, 2.75) is 51.1 Å². The lowest BCUT2D eigenvalue weighted by molar-refractivity contribution is -0.185. The molecule has 2 aromatic carbocycles. The number of Topliss-reactive ketones (excluding diaryl/α,β-unsaturated/α-hetero) is 1. The van der Waals surface area contributed by atoms with Crippen LogP contribution in [0.3, 0.4) is 0 Å². The van der Waals surface area contributed by atoms with Crippen LogP contribution in [0.2, 0.25) is 0 Å². The Morgan fingerprint density at radius 1 is 0.775 bits per heavy atom. The Morgan fingerprint density at radius 2 is 1.18 bits per heavy atom. The minimum Gasteiger partial charge on any atom is -0.312 e. The van der Waals surface area contributed by atoms with Gasteiger partial charge in [-0.1, -0.05) is 30.3 Å². The number of hydrogen-bond acceptors (Lipinski definition) is 4. The SMILES string of the molecule is CC1(C)C=C(CN2CC(=Cc3ccc(C(F)(F)F)cc3)C(=O)C(=Cc3ccc(C(F)(F)F)cc3)C2)C(C)(C)N1O. The highest BCUT2D eigenvalue weighted by molar-refractivity contribution is 6.14. The van der Waals surface area contributed by atoms with Gasteiger partial charge in [0.15, 0.2) is 5.78 Å². The largest absolute Gasteiger partial charge is 0.416 e. The molecule has 10 heteroatoms. The summed E-state index contributed by atoms with van der Waals surface area (Å²) in [5.41, 5.74) is -0.521. The van der Waals surface area contributed by atoms with Crippen molar-refractivity contribution in [2.75, 3.05) is 19.6 Å². The summed E-state index contributed by atoms with van der Waals surface area (Å²) in [4.78, 5) is 15.4. The molecule has 1 N–H and O–H groups in total. The highest BCUT2D eigenvalue weighted by Crippen LogP contribution is 2.39. The number of carbonyl (C=O) groups excluding carboxylic acids is 1. The van der Waals surface area contributed by atoms with E-state index in [1.807, 2.05) is 38.7 Å². The van der Waals surface area contributed by atoms with Crippen molar-refractivity contribution in [1.82, 2.24) is 9.96 Å². The minimum absolute atomic E-state index is 0.198. The van der Waals surface area contributed by atoms with Gasteiger partial charge in [0.25, 0.3) is 0 Å². The highest BCUT2D eigenvalue weighted by Gasteiger charge is 2.45. The first kappa shape index (κ1) is 29.8. The van der Waals surface area contributed by atoms with E-state index in [0.717, 1.165) is 29.8 Å². The van der Waals surface area contributed by atoms with Crippen molar-refractivity contribution in [1.29, 1.82) is 0 Å². The Kier molecular flexibility index (Phi) is 7.68. The molecule has 2 aromatic rings. The first-order chi connectivity index (χ1) is 18.4. The van der Waals surface area contributed by atoms with Crippen molar-refractivity contribution in [3.05, 3.63) is 93.6 Å². The van der Waals surface area contributed by atoms with Crippen LogP contribution in [0.4, 0.5) is 26.3 Å². The first-order valence-electron chi connectivity index (χ1n) is 12.6. The zero-order chi connectivity index (χ0) is 29.7. The second kappa shape index (κ2) is 10.3. The van der Waals surface area contributed by atoms with Crippen LogP contribution >= 0.6 is 0 Å². The summed E-state index contributed by atoms with van der Waals surface area (Å²) in [6.45, 7) is 8.27. The second-order valence-corrected chi connectivity index (χ2v) is 11.2. The molecule has 0 bridgehead atoms. The summed E-state index contributed by atoms with van der Waals surface area (Å²) in [5, 5.41) is 12.0. The van der Waals surface area contributed by atoms with Crippen LogP contribution < -0.4 is 0 Å². The molecular formula is C30H30F6N2O2. The Morgan fingerprint density at radius 3 is 1.50 bits per heavy atom. The monoisotopic (exact) mass is 564 g/mol. The van der Waals surface area contributed by atoms with Crippen LogP contribution in [0.1, 0.15) is 49.9 Å². The van der Waals surface area contributed by atoms with E-state index in [1.54, 1.807) is 0 Å². The lowest BCUT2D eigenvalue weighted by atomic mass is 9.91. The van der Waals surface area contributed by atoms with Crippen LogP contribution in [0, 0.1) is 0 Å². The molecule has 1 fully saturated rings. The minimum atomic E-state index is -4.49. The van der Waals surface area contributed by atoms with Crippen molar-refractivity contribution >= 4 is 17.9 Å². The molecule has 0 radical (unpaired) electrons. The number of carbonyl (C=O) groups is 1. The fourth-order valence-corrected chi connectivity index (χ4v) is 5.16. The molecule has 0 saturated carbocycles. The van der Waals surface area contributed by atoms with Gasteiger partial charge in [0.2, 0.25) is 0 Å². The molecule has 0 aromatic heterocycles. The average Bonchev–Trinajstić information content (AvgIpc) is 3.00. The number of halogens is 6. The summed E-state index contributed by atoms with van der Waals surface area (Å²) in [6.07, 6.45) is -3.95. The van der Waals surface area contributed by atoms with Gasteiger partial charge < -0.3 is 5.21 Å². The number of ketones is 1. The van der Waals surface area contributed by atoms with Gasteiger partial charge in [-0.2, -0.15) is 31.4 Å². The molecule has 1 saturated heterocycles. The van der Waals surface area contributed by atoms with Gasteiger partial charge in [0.1, 0.15) is 0 Å². The lowest BCUT2D eigenvalue weighted by Crippen LogP contribution is -2.49. The quantitative estimate of drug-likeness (QED) is 0.241. The smallest absolute Gasteiger partial charge is 0.312 e. The predicted molar refractivity (Wildman–Crippen MR) is 140 cm³/mol. The van der Waals surface area contributed by atoms with Gasteiger partial charge in [-0.05, 0) is 80.8 Å². The Bertz CT molecular complexity index is 1290. The molecule has 0 unspecified atom stereocenters. The van der Waals surface area contributed by atoms with Crippen LogP contribution in [0.5, 0.6) is 0 Å². The number of alkyl halides is 6. The standard InChI is InChI=1S/C30H30F6N2O2/c1-27(2)15-25(28(3,4)38(27)40)18-37-16-21(13-19-5-9-23(10-6-19)29(31,32)33)26(39)22(17-37)14-20-7-11-24(12-8-20)30(34,35)36/h5-15,40H,16-18H2,1-4H3. The average molecular weight is 565 g/mol. The molecular weight excluding hydrogens is 534 g/mol. The van der Waals surface area contributed by atoms with Crippen molar-refractivity contribution < 1.29 is 36.3 Å². The van der Waals surface area contributed by atoms with E-state index in [4.69, 9.17) is 0 Å². The van der Waals surface area contributed by atoms with Crippen LogP contribution in [-0.2, 0) is 17.1 Å². The molecule has 2 heterocycles. The number of piperidine rings is 1. The van der Waals surface area contributed by atoms with Crippen molar-refractivity contribution in [3.8, 4) is 0 Å². The summed E-state index contributed by atoms with van der Waals surface area (Å²) in [6, 6.07) is 8.93. The van der Waals surface area contributed by atoms with E-state index in [1.165, 1.54) is 41.5 Å². The van der Waals surface area contributed by atoms with E-state index < -0.39 is 34.6 Å². The third-order valence-electron chi connectivity index (χ3n) is 7.31. The van der Waals surface area contributed by atoms with Crippen molar-refractivity contribution in [2.24, 2.45) is 0 Å². The third kappa shape index (κ3) is 6.24. The zero-order valence-corrected chi connectivity index (χ0v) is 22.5. The summed E-state index contributed by atoms with van der Waals surface area (Å²) >= 11 is 0. The Labute approximate surface area is 228 Å². The molecule has 4 nitrogen and oxygen atoms in total. The van der Waals surface area contributed by atoms with E-state index in [0.29, 0.717) is 28.8 Å². The molecule has 2 aliphatic heterocycles. The molecule has 40 heavy (non-hydrogen) atoms. The number of benzene rings is 2. The number of likely N-dealkylation sites (tertiary alicyclic amines) is 1. The van der Waals surface area contributed by atoms with Crippen LogP contribution in [-0.4, -0.2) is 51.7 Å². The van der Waals surface area contributed by atoms with Gasteiger partial charge in [-0.15, -0.1) is 0 Å². The van der Waals surface area contributed by atoms with Gasteiger partial charge in [0, 0.05) is 30.8 Å². The first-order valence-corrected chi connectivity index (χ1v) is 12.6. The molecule has 0 amide bonds. The van der Waals surface area contributed by atoms with E-state index in [-0.39, 0.29) is 18.9 Å². The summed E-state index contributed by atoms with van der Waals surface area (Å²) in [5.74, 6) is -0.333. The maximum atomic E-state index is 13.5. The molecule has 2 aliphatic rings. The molecule has 4 rings (SSSR count). The topological polar surface area (TPSA) is 43.8 Å². The second-order valence-electron chi connectivity index (χ2n) is 11.2. The molecule has 0 aliphatic carbocycles. The molecule has 214 valence electrons. The van der Waals surface area contributed by atoms with Gasteiger partial charge in [-0.25, -0.2) is 0 Å². The third-order valence-corrected chi connectivity index (χ3v) is 7.31. The van der Waals surface area contributed by atoms with Gasteiger partial charge >= 0.3 is 12.4 Å². The Balaban J connectivity index is 1.69. The van der Waals surface area contributed by atoms with Gasteiger partial charge in [0.05, 0.1) is 22.2 Å². The normalized spacial score (nSPS) is 22.3.